The highest BCUT2D eigenvalue weighted by molar-refractivity contribution is 6.04. The van der Waals surface area contributed by atoms with Crippen LogP contribution in [-0.2, 0) is 6.42 Å². The third kappa shape index (κ3) is 3.52. The molecule has 0 amide bonds. The highest BCUT2D eigenvalue weighted by atomic mass is 16.5. The van der Waals surface area contributed by atoms with Gasteiger partial charge >= 0.3 is 0 Å². The van der Waals surface area contributed by atoms with Crippen molar-refractivity contribution in [3.63, 3.8) is 0 Å². The molecule has 0 saturated heterocycles. The van der Waals surface area contributed by atoms with E-state index >= 15 is 0 Å². The van der Waals surface area contributed by atoms with Crippen molar-refractivity contribution in [2.45, 2.75) is 25.8 Å². The number of hydrogen-bond acceptors (Lipinski definition) is 4. The Balaban J connectivity index is 1.72. The third-order valence-electron chi connectivity index (χ3n) is 5.73. The molecule has 5 nitrogen and oxygen atoms in total. The first kappa shape index (κ1) is 19.2. The van der Waals surface area contributed by atoms with Gasteiger partial charge in [-0.25, -0.2) is 9.67 Å². The van der Waals surface area contributed by atoms with Gasteiger partial charge < -0.3 is 4.74 Å². The Kier molecular flexibility index (Phi) is 5.08. The van der Waals surface area contributed by atoms with E-state index in [0.29, 0.717) is 0 Å². The molecule has 0 bridgehead atoms. The van der Waals surface area contributed by atoms with Gasteiger partial charge in [0.05, 0.1) is 24.2 Å². The van der Waals surface area contributed by atoms with Gasteiger partial charge in [0.25, 0.3) is 0 Å². The summed E-state index contributed by atoms with van der Waals surface area (Å²) in [7, 11) is 1.68. The summed E-state index contributed by atoms with van der Waals surface area (Å²) in [4.78, 5) is 9.79. The fourth-order valence-electron chi connectivity index (χ4n) is 4.16. The molecule has 1 unspecified atom stereocenters. The average Bonchev–Trinajstić information content (AvgIpc) is 3.23. The first-order valence-corrected chi connectivity index (χ1v) is 10.6. The summed E-state index contributed by atoms with van der Waals surface area (Å²) in [5.41, 5.74) is 6.41. The van der Waals surface area contributed by atoms with Crippen molar-refractivity contribution in [2.24, 2.45) is 4.99 Å². The fraction of sp³-hybridized carbons (Fsp3) is 0.192. The Morgan fingerprint density at radius 3 is 2.39 bits per heavy atom. The number of pyridine rings is 1. The van der Waals surface area contributed by atoms with E-state index in [2.05, 4.69) is 59.1 Å². The number of ether oxygens (including phenoxy) is 1. The number of methoxy groups -OCH3 is 1. The second-order valence-electron chi connectivity index (χ2n) is 7.57. The minimum absolute atomic E-state index is 0.00112. The van der Waals surface area contributed by atoms with Gasteiger partial charge in [0.2, 0.25) is 0 Å². The van der Waals surface area contributed by atoms with Gasteiger partial charge in [0, 0.05) is 18.2 Å². The molecule has 0 saturated carbocycles. The number of fused-ring (bicyclic) bond motifs is 1. The van der Waals surface area contributed by atoms with Crippen LogP contribution >= 0.6 is 0 Å². The molecule has 0 aliphatic carbocycles. The van der Waals surface area contributed by atoms with Crippen molar-refractivity contribution in [2.75, 3.05) is 7.11 Å². The SMILES string of the molecule is CCc1nn2c(c1-c1ccc(OC)cc1)N=C(c1ccccc1)CC2c1ccccn1. The number of benzene rings is 2. The summed E-state index contributed by atoms with van der Waals surface area (Å²) in [6.07, 6.45) is 3.42. The van der Waals surface area contributed by atoms with Gasteiger partial charge in [-0.2, -0.15) is 5.10 Å². The quantitative estimate of drug-likeness (QED) is 0.430. The van der Waals surface area contributed by atoms with Crippen LogP contribution in [0.1, 0.15) is 36.3 Å². The average molecular weight is 409 g/mol. The highest BCUT2D eigenvalue weighted by Gasteiger charge is 2.30. The summed E-state index contributed by atoms with van der Waals surface area (Å²) in [5, 5.41) is 5.01. The van der Waals surface area contributed by atoms with Crippen LogP contribution in [0, 0.1) is 0 Å². The lowest BCUT2D eigenvalue weighted by molar-refractivity contribution is 0.415. The van der Waals surface area contributed by atoms with Gasteiger partial charge in [-0.05, 0) is 41.8 Å². The van der Waals surface area contributed by atoms with Gasteiger partial charge in [-0.3, -0.25) is 4.98 Å². The van der Waals surface area contributed by atoms with Crippen molar-refractivity contribution in [1.29, 1.82) is 0 Å². The van der Waals surface area contributed by atoms with Crippen molar-refractivity contribution >= 4 is 11.5 Å². The predicted molar refractivity (Wildman–Crippen MR) is 123 cm³/mol. The molecular weight excluding hydrogens is 384 g/mol. The normalized spacial score (nSPS) is 15.3. The molecule has 0 spiro atoms. The maximum absolute atomic E-state index is 5.35. The van der Waals surface area contributed by atoms with Crippen LogP contribution in [-0.4, -0.2) is 27.6 Å². The molecule has 1 atom stereocenters. The van der Waals surface area contributed by atoms with E-state index in [4.69, 9.17) is 14.8 Å². The standard InChI is InChI=1S/C26H24N4O/c1-3-21-25(19-12-14-20(31-2)15-13-19)26-28-23(18-9-5-4-6-10-18)17-24(30(26)29-21)22-11-7-8-16-27-22/h4-16,24H,3,17H2,1-2H3. The van der Waals surface area contributed by atoms with Crippen molar-refractivity contribution < 1.29 is 4.74 Å². The smallest absolute Gasteiger partial charge is 0.159 e. The minimum Gasteiger partial charge on any atom is -0.497 e. The van der Waals surface area contributed by atoms with Crippen LogP contribution in [0.5, 0.6) is 5.75 Å². The molecular formula is C26H24N4O. The molecule has 4 aromatic rings. The van der Waals surface area contributed by atoms with E-state index in [1.54, 1.807) is 7.11 Å². The molecule has 154 valence electrons. The van der Waals surface area contributed by atoms with Crippen molar-refractivity contribution in [1.82, 2.24) is 14.8 Å². The molecule has 31 heavy (non-hydrogen) atoms. The molecule has 1 aliphatic rings. The first-order chi connectivity index (χ1) is 15.3. The topological polar surface area (TPSA) is 52.3 Å². The zero-order valence-corrected chi connectivity index (χ0v) is 17.7. The molecule has 2 aromatic heterocycles. The van der Waals surface area contributed by atoms with Crippen LogP contribution in [0.15, 0.2) is 84.0 Å². The molecule has 2 aromatic carbocycles. The lowest BCUT2D eigenvalue weighted by atomic mass is 9.97. The predicted octanol–water partition coefficient (Wildman–Crippen LogP) is 5.63. The van der Waals surface area contributed by atoms with Crippen LogP contribution in [0.25, 0.3) is 11.1 Å². The Labute approximate surface area is 182 Å². The van der Waals surface area contributed by atoms with Crippen LogP contribution in [0.4, 0.5) is 5.82 Å². The molecule has 5 rings (SSSR count). The number of rotatable bonds is 5. The van der Waals surface area contributed by atoms with E-state index in [1.165, 1.54) is 0 Å². The number of aromatic nitrogens is 3. The number of aryl methyl sites for hydroxylation is 1. The third-order valence-corrected chi connectivity index (χ3v) is 5.73. The molecule has 3 heterocycles. The second kappa shape index (κ2) is 8.19. The zero-order valence-electron chi connectivity index (χ0n) is 17.7. The maximum atomic E-state index is 5.35. The second-order valence-corrected chi connectivity index (χ2v) is 7.57. The highest BCUT2D eigenvalue weighted by Crippen LogP contribution is 2.42. The molecule has 5 heteroatoms. The summed E-state index contributed by atoms with van der Waals surface area (Å²) in [6, 6.07) is 24.6. The molecule has 0 N–H and O–H groups in total. The Morgan fingerprint density at radius 1 is 0.935 bits per heavy atom. The van der Waals surface area contributed by atoms with E-state index in [-0.39, 0.29) is 6.04 Å². The largest absolute Gasteiger partial charge is 0.497 e. The monoisotopic (exact) mass is 408 g/mol. The van der Waals surface area contributed by atoms with Gasteiger partial charge in [0.15, 0.2) is 5.82 Å². The van der Waals surface area contributed by atoms with Crippen LogP contribution in [0.2, 0.25) is 0 Å². The van der Waals surface area contributed by atoms with Crippen molar-refractivity contribution in [3.8, 4) is 16.9 Å². The molecule has 0 radical (unpaired) electrons. The van der Waals surface area contributed by atoms with Crippen molar-refractivity contribution in [3.05, 3.63) is 95.9 Å². The van der Waals surface area contributed by atoms with E-state index in [9.17, 15) is 0 Å². The van der Waals surface area contributed by atoms with E-state index in [0.717, 1.165) is 58.2 Å². The Morgan fingerprint density at radius 2 is 1.71 bits per heavy atom. The summed E-state index contributed by atoms with van der Waals surface area (Å²) in [5.74, 6) is 1.73. The number of nitrogens with zero attached hydrogens (tertiary/aromatic N) is 4. The fourth-order valence-corrected chi connectivity index (χ4v) is 4.16. The lowest BCUT2D eigenvalue weighted by Gasteiger charge is -2.24. The van der Waals surface area contributed by atoms with Gasteiger partial charge in [-0.1, -0.05) is 55.5 Å². The minimum atomic E-state index is 0.00112. The maximum Gasteiger partial charge on any atom is 0.159 e. The van der Waals surface area contributed by atoms with Crippen LogP contribution in [0.3, 0.4) is 0 Å². The summed E-state index contributed by atoms with van der Waals surface area (Å²) >= 11 is 0. The van der Waals surface area contributed by atoms with Gasteiger partial charge in [-0.15, -0.1) is 0 Å². The Bertz CT molecular complexity index is 1210. The molecule has 0 fully saturated rings. The summed E-state index contributed by atoms with van der Waals surface area (Å²) < 4.78 is 7.41. The van der Waals surface area contributed by atoms with E-state index < -0.39 is 0 Å². The van der Waals surface area contributed by atoms with Gasteiger partial charge in [0.1, 0.15) is 11.8 Å². The molecule has 1 aliphatic heterocycles. The lowest BCUT2D eigenvalue weighted by Crippen LogP contribution is -2.22. The summed E-state index contributed by atoms with van der Waals surface area (Å²) in [6.45, 7) is 2.14. The van der Waals surface area contributed by atoms with E-state index in [1.807, 2.05) is 36.5 Å². The zero-order chi connectivity index (χ0) is 21.2. The number of aliphatic imine (C=N–C) groups is 1. The number of hydrogen-bond donors (Lipinski definition) is 0. The van der Waals surface area contributed by atoms with Crippen LogP contribution < -0.4 is 4.74 Å². The first-order valence-electron chi connectivity index (χ1n) is 10.6. The Hall–Kier alpha value is -3.73.